The molecule has 0 unspecified atom stereocenters. The topological polar surface area (TPSA) is 98.5 Å². The first-order valence-corrected chi connectivity index (χ1v) is 9.12. The number of nitro groups is 1. The van der Waals surface area contributed by atoms with E-state index >= 15 is 0 Å². The van der Waals surface area contributed by atoms with Gasteiger partial charge in [-0.15, -0.1) is 0 Å². The van der Waals surface area contributed by atoms with Crippen molar-refractivity contribution in [3.63, 3.8) is 0 Å². The van der Waals surface area contributed by atoms with Crippen molar-refractivity contribution < 1.29 is 19.2 Å². The maximum atomic E-state index is 12.3. The maximum Gasteiger partial charge on any atom is 0.339 e. The minimum absolute atomic E-state index is 0.0349. The fraction of sp³-hybridized carbons (Fsp3) is 0.333. The number of rotatable bonds is 8. The Morgan fingerprint density at radius 3 is 2.46 bits per heavy atom. The Kier molecular flexibility index (Phi) is 7.26. The number of nitrogens with zero attached hydrogens (tertiary/aromatic N) is 1. The van der Waals surface area contributed by atoms with Crippen molar-refractivity contribution >= 4 is 17.6 Å². The number of amides is 1. The van der Waals surface area contributed by atoms with Crippen molar-refractivity contribution in [2.75, 3.05) is 6.54 Å². The zero-order valence-corrected chi connectivity index (χ0v) is 16.2. The SMILES string of the molecule is CC[C@@H](CNC(=O)[C@H](C)OC(=O)c1ccc(C)c([N+](=O)[O-])c1)c1ccccc1. The van der Waals surface area contributed by atoms with Gasteiger partial charge in [0, 0.05) is 24.1 Å². The highest BCUT2D eigenvalue weighted by Gasteiger charge is 2.22. The van der Waals surface area contributed by atoms with Gasteiger partial charge in [0.1, 0.15) is 0 Å². The second-order valence-electron chi connectivity index (χ2n) is 6.57. The standard InChI is InChI=1S/C21H24N2O5/c1-4-16(17-8-6-5-7-9-17)13-22-20(24)15(3)28-21(25)18-11-10-14(2)19(12-18)23(26)27/h5-12,15-16H,4,13H2,1-3H3,(H,22,24)/t15-,16-/m0/s1. The van der Waals surface area contributed by atoms with Crippen molar-refractivity contribution in [1.29, 1.82) is 0 Å². The van der Waals surface area contributed by atoms with Crippen LogP contribution >= 0.6 is 0 Å². The molecule has 0 saturated carbocycles. The van der Waals surface area contributed by atoms with Gasteiger partial charge in [0.15, 0.2) is 6.10 Å². The Morgan fingerprint density at radius 2 is 1.86 bits per heavy atom. The van der Waals surface area contributed by atoms with Crippen LogP contribution in [0.15, 0.2) is 48.5 Å². The Balaban J connectivity index is 1.95. The van der Waals surface area contributed by atoms with Crippen molar-refractivity contribution in [2.24, 2.45) is 0 Å². The highest BCUT2D eigenvalue weighted by atomic mass is 16.6. The quantitative estimate of drug-likeness (QED) is 0.424. The molecule has 2 aromatic rings. The summed E-state index contributed by atoms with van der Waals surface area (Å²) in [5.41, 5.74) is 1.44. The number of carbonyl (C=O) groups excluding carboxylic acids is 2. The van der Waals surface area contributed by atoms with Gasteiger partial charge in [-0.1, -0.05) is 43.3 Å². The Bertz CT molecular complexity index is 851. The molecule has 1 amide bonds. The Morgan fingerprint density at radius 1 is 1.18 bits per heavy atom. The van der Waals surface area contributed by atoms with E-state index in [2.05, 4.69) is 5.32 Å². The summed E-state index contributed by atoms with van der Waals surface area (Å²) in [6.07, 6.45) is -0.160. The average molecular weight is 384 g/mol. The third kappa shape index (κ3) is 5.39. The van der Waals surface area contributed by atoms with Crippen molar-refractivity contribution in [2.45, 2.75) is 39.2 Å². The summed E-state index contributed by atoms with van der Waals surface area (Å²) in [5.74, 6) is -1.03. The van der Waals surface area contributed by atoms with Crippen LogP contribution in [0.2, 0.25) is 0 Å². The van der Waals surface area contributed by atoms with Gasteiger partial charge < -0.3 is 10.1 Å². The summed E-state index contributed by atoms with van der Waals surface area (Å²) in [6, 6.07) is 13.9. The second kappa shape index (κ2) is 9.64. The van der Waals surface area contributed by atoms with Gasteiger partial charge in [0.25, 0.3) is 11.6 Å². The van der Waals surface area contributed by atoms with Crippen LogP contribution in [0.3, 0.4) is 0 Å². The third-order valence-electron chi connectivity index (χ3n) is 4.58. The minimum Gasteiger partial charge on any atom is -0.449 e. The van der Waals surface area contributed by atoms with Gasteiger partial charge >= 0.3 is 5.97 Å². The van der Waals surface area contributed by atoms with Crippen LogP contribution in [-0.2, 0) is 9.53 Å². The van der Waals surface area contributed by atoms with E-state index in [1.165, 1.54) is 19.1 Å². The highest BCUT2D eigenvalue weighted by molar-refractivity contribution is 5.93. The van der Waals surface area contributed by atoms with E-state index in [0.717, 1.165) is 18.1 Å². The van der Waals surface area contributed by atoms with Gasteiger partial charge in [0.05, 0.1) is 10.5 Å². The van der Waals surface area contributed by atoms with Crippen LogP contribution in [-0.4, -0.2) is 29.4 Å². The Hall–Kier alpha value is -3.22. The van der Waals surface area contributed by atoms with E-state index in [4.69, 9.17) is 4.74 Å². The molecule has 0 heterocycles. The number of esters is 1. The highest BCUT2D eigenvalue weighted by Crippen LogP contribution is 2.20. The molecule has 0 aliphatic rings. The fourth-order valence-electron chi connectivity index (χ4n) is 2.81. The molecule has 0 aliphatic heterocycles. The summed E-state index contributed by atoms with van der Waals surface area (Å²) >= 11 is 0. The van der Waals surface area contributed by atoms with Crippen molar-refractivity contribution in [3.8, 4) is 0 Å². The van der Waals surface area contributed by atoms with Crippen LogP contribution < -0.4 is 5.32 Å². The summed E-state index contributed by atoms with van der Waals surface area (Å²) in [7, 11) is 0. The average Bonchev–Trinajstić information content (AvgIpc) is 2.69. The molecule has 2 aromatic carbocycles. The van der Waals surface area contributed by atoms with Gasteiger partial charge in [-0.3, -0.25) is 14.9 Å². The van der Waals surface area contributed by atoms with Gasteiger partial charge in [-0.2, -0.15) is 0 Å². The number of carbonyl (C=O) groups is 2. The molecule has 0 radical (unpaired) electrons. The minimum atomic E-state index is -1.01. The number of hydrogen-bond acceptors (Lipinski definition) is 5. The molecule has 2 atom stereocenters. The summed E-state index contributed by atoms with van der Waals surface area (Å²) < 4.78 is 5.17. The molecule has 0 saturated heterocycles. The molecule has 0 aliphatic carbocycles. The summed E-state index contributed by atoms with van der Waals surface area (Å²) in [6.45, 7) is 5.52. The van der Waals surface area contributed by atoms with E-state index in [-0.39, 0.29) is 17.2 Å². The lowest BCUT2D eigenvalue weighted by Gasteiger charge is -2.18. The van der Waals surface area contributed by atoms with Crippen molar-refractivity contribution in [1.82, 2.24) is 5.32 Å². The molecule has 0 bridgehead atoms. The van der Waals surface area contributed by atoms with E-state index in [9.17, 15) is 19.7 Å². The molecule has 28 heavy (non-hydrogen) atoms. The third-order valence-corrected chi connectivity index (χ3v) is 4.58. The smallest absolute Gasteiger partial charge is 0.339 e. The van der Waals surface area contributed by atoms with E-state index in [0.29, 0.717) is 12.1 Å². The van der Waals surface area contributed by atoms with Gasteiger partial charge in [0.2, 0.25) is 0 Å². The largest absolute Gasteiger partial charge is 0.449 e. The Labute approximate surface area is 163 Å². The number of nitro benzene ring substituents is 1. The predicted octanol–water partition coefficient (Wildman–Crippen LogP) is 3.76. The lowest BCUT2D eigenvalue weighted by atomic mass is 9.96. The van der Waals surface area contributed by atoms with E-state index in [1.807, 2.05) is 37.3 Å². The van der Waals surface area contributed by atoms with Gasteiger partial charge in [-0.25, -0.2) is 4.79 Å². The van der Waals surface area contributed by atoms with Gasteiger partial charge in [-0.05, 0) is 31.9 Å². The van der Waals surface area contributed by atoms with Crippen molar-refractivity contribution in [3.05, 3.63) is 75.3 Å². The normalized spacial score (nSPS) is 12.7. The fourth-order valence-corrected chi connectivity index (χ4v) is 2.81. The molecule has 0 aromatic heterocycles. The van der Waals surface area contributed by atoms with E-state index < -0.39 is 22.9 Å². The monoisotopic (exact) mass is 384 g/mol. The lowest BCUT2D eigenvalue weighted by molar-refractivity contribution is -0.385. The molecule has 0 fully saturated rings. The second-order valence-corrected chi connectivity index (χ2v) is 6.57. The molecule has 1 N–H and O–H groups in total. The number of ether oxygens (including phenoxy) is 1. The predicted molar refractivity (Wildman–Crippen MR) is 105 cm³/mol. The zero-order valence-electron chi connectivity index (χ0n) is 16.2. The first kappa shape index (κ1) is 21.1. The number of benzene rings is 2. The summed E-state index contributed by atoms with van der Waals surface area (Å²) in [5, 5.41) is 13.8. The first-order chi connectivity index (χ1) is 13.3. The van der Waals surface area contributed by atoms with Crippen LogP contribution in [0.5, 0.6) is 0 Å². The molecular weight excluding hydrogens is 360 g/mol. The van der Waals surface area contributed by atoms with Crippen LogP contribution in [0.1, 0.15) is 47.7 Å². The van der Waals surface area contributed by atoms with E-state index in [1.54, 1.807) is 6.92 Å². The molecular formula is C21H24N2O5. The number of nitrogens with one attached hydrogen (secondary N) is 1. The first-order valence-electron chi connectivity index (χ1n) is 9.12. The van der Waals surface area contributed by atoms with Crippen LogP contribution in [0, 0.1) is 17.0 Å². The summed E-state index contributed by atoms with van der Waals surface area (Å²) in [4.78, 5) is 35.0. The number of aryl methyl sites for hydroxylation is 1. The number of hydrogen-bond donors (Lipinski definition) is 1. The van der Waals surface area contributed by atoms with Crippen LogP contribution in [0.25, 0.3) is 0 Å². The molecule has 7 nitrogen and oxygen atoms in total. The zero-order chi connectivity index (χ0) is 20.7. The van der Waals surface area contributed by atoms with Crippen LogP contribution in [0.4, 0.5) is 5.69 Å². The molecule has 148 valence electrons. The lowest BCUT2D eigenvalue weighted by Crippen LogP contribution is -2.38. The molecule has 2 rings (SSSR count). The molecule has 7 heteroatoms. The maximum absolute atomic E-state index is 12.3. The molecule has 0 spiro atoms.